The fourth-order valence-corrected chi connectivity index (χ4v) is 1.18. The molecule has 0 aliphatic carbocycles. The van der Waals surface area contributed by atoms with Gasteiger partial charge >= 0.3 is 13.9 Å². The second-order valence-corrected chi connectivity index (χ2v) is 4.21. The van der Waals surface area contributed by atoms with Crippen molar-refractivity contribution in [3.8, 4) is 0 Å². The van der Waals surface area contributed by atoms with Crippen molar-refractivity contribution in [3.63, 3.8) is 0 Å². The van der Waals surface area contributed by atoms with Crippen molar-refractivity contribution in [3.05, 3.63) is 35.9 Å². The maximum absolute atomic E-state index is 10.4. The number of hydrogen-bond acceptors (Lipinski definition) is 4. The van der Waals surface area contributed by atoms with Gasteiger partial charge in [-0.3, -0.25) is 0 Å². The third-order valence-corrected chi connectivity index (χ3v) is 2.29. The molecule has 1 rings (SSSR count). The molecule has 0 amide bonds. The zero-order valence-electron chi connectivity index (χ0n) is 8.89. The standard InChI is InChI=1S/C7H7O3P.C3H8O2/c8-7(11(9)10)6-4-2-1-3-5-6;1-3(5)2-4/h1-5,7-8H;3-5H,2H2,1H3/p+1. The maximum atomic E-state index is 10.4. The molecule has 3 unspecified atom stereocenters. The van der Waals surface area contributed by atoms with Crippen molar-refractivity contribution >= 4 is 8.03 Å². The van der Waals surface area contributed by atoms with Crippen LogP contribution in [0.5, 0.6) is 0 Å². The Morgan fingerprint density at radius 1 is 1.25 bits per heavy atom. The summed E-state index contributed by atoms with van der Waals surface area (Å²) in [5.41, 5.74) is 0.469. The number of aliphatic hydroxyl groups excluding tert-OH is 3. The van der Waals surface area contributed by atoms with Gasteiger partial charge in [0.1, 0.15) is 0 Å². The van der Waals surface area contributed by atoms with Crippen molar-refractivity contribution < 1.29 is 24.8 Å². The Morgan fingerprint density at radius 3 is 2.00 bits per heavy atom. The van der Waals surface area contributed by atoms with Gasteiger partial charge in [0.05, 0.1) is 12.7 Å². The van der Waals surface area contributed by atoms with Crippen LogP contribution in [0.15, 0.2) is 30.3 Å². The Balaban J connectivity index is 0.000000385. The van der Waals surface area contributed by atoms with Crippen LogP contribution in [0.2, 0.25) is 0 Å². The first kappa shape index (κ1) is 15.2. The summed E-state index contributed by atoms with van der Waals surface area (Å²) in [5, 5.41) is 25.1. The highest BCUT2D eigenvalue weighted by Gasteiger charge is 2.27. The zero-order valence-corrected chi connectivity index (χ0v) is 9.79. The van der Waals surface area contributed by atoms with E-state index in [0.29, 0.717) is 5.56 Å². The first-order valence-electron chi connectivity index (χ1n) is 4.66. The molecule has 0 spiro atoms. The lowest BCUT2D eigenvalue weighted by atomic mass is 10.2. The summed E-state index contributed by atoms with van der Waals surface area (Å²) in [4.78, 5) is 8.53. The van der Waals surface area contributed by atoms with Crippen LogP contribution in [0, 0.1) is 0 Å². The highest BCUT2D eigenvalue weighted by molar-refractivity contribution is 7.38. The Bertz CT molecular complexity index is 301. The van der Waals surface area contributed by atoms with Crippen molar-refractivity contribution in [1.82, 2.24) is 0 Å². The van der Waals surface area contributed by atoms with Crippen LogP contribution in [-0.4, -0.2) is 32.9 Å². The van der Waals surface area contributed by atoms with Gasteiger partial charge in [-0.2, -0.15) is 4.89 Å². The maximum Gasteiger partial charge on any atom is 0.542 e. The van der Waals surface area contributed by atoms with Gasteiger partial charge in [0.25, 0.3) is 0 Å². The van der Waals surface area contributed by atoms with Gasteiger partial charge in [0.2, 0.25) is 0 Å². The molecule has 4 N–H and O–H groups in total. The minimum absolute atomic E-state index is 0.139. The van der Waals surface area contributed by atoms with Gasteiger partial charge in [-0.05, 0) is 11.5 Å². The fraction of sp³-hybridized carbons (Fsp3) is 0.400. The molecule has 0 radical (unpaired) electrons. The average Bonchev–Trinajstić information content (AvgIpc) is 2.29. The zero-order chi connectivity index (χ0) is 12.6. The van der Waals surface area contributed by atoms with Crippen LogP contribution < -0.4 is 0 Å². The van der Waals surface area contributed by atoms with Gasteiger partial charge in [-0.25, -0.2) is 0 Å². The molecule has 90 valence electrons. The molecule has 3 atom stereocenters. The van der Waals surface area contributed by atoms with E-state index in [1.165, 1.54) is 6.92 Å². The topological polar surface area (TPSA) is 98.0 Å². The molecule has 0 aliphatic rings. The van der Waals surface area contributed by atoms with E-state index in [0.717, 1.165) is 0 Å². The smallest absolute Gasteiger partial charge is 0.394 e. The minimum Gasteiger partial charge on any atom is -0.394 e. The molecule has 0 aromatic heterocycles. The van der Waals surface area contributed by atoms with Gasteiger partial charge < -0.3 is 15.3 Å². The molecule has 1 aromatic carbocycles. The van der Waals surface area contributed by atoms with E-state index in [1.807, 2.05) is 0 Å². The van der Waals surface area contributed by atoms with E-state index >= 15 is 0 Å². The van der Waals surface area contributed by atoms with E-state index in [4.69, 9.17) is 20.2 Å². The van der Waals surface area contributed by atoms with E-state index in [-0.39, 0.29) is 6.61 Å². The van der Waals surface area contributed by atoms with Crippen LogP contribution in [0.1, 0.15) is 18.3 Å². The van der Waals surface area contributed by atoms with Crippen LogP contribution in [0.4, 0.5) is 0 Å². The molecule has 0 fully saturated rings. The lowest BCUT2D eigenvalue weighted by Gasteiger charge is -1.94. The second kappa shape index (κ2) is 8.33. The lowest BCUT2D eigenvalue weighted by Crippen LogP contribution is -2.03. The van der Waals surface area contributed by atoms with E-state index in [9.17, 15) is 4.57 Å². The quantitative estimate of drug-likeness (QED) is 0.591. The number of benzene rings is 1. The van der Waals surface area contributed by atoms with Crippen molar-refractivity contribution in [1.29, 1.82) is 0 Å². The fourth-order valence-electron chi connectivity index (χ4n) is 0.753. The molecule has 0 heterocycles. The van der Waals surface area contributed by atoms with E-state index in [1.54, 1.807) is 30.3 Å². The van der Waals surface area contributed by atoms with Crippen molar-refractivity contribution in [2.45, 2.75) is 18.9 Å². The highest BCUT2D eigenvalue weighted by Crippen LogP contribution is 2.34. The Labute approximate surface area is 94.9 Å². The molecule has 0 saturated carbocycles. The molecule has 0 aliphatic heterocycles. The first-order chi connectivity index (χ1) is 7.49. The molecule has 6 heteroatoms. The average molecular weight is 247 g/mol. The predicted molar refractivity (Wildman–Crippen MR) is 60.0 cm³/mol. The van der Waals surface area contributed by atoms with Crippen LogP contribution in [0.3, 0.4) is 0 Å². The number of hydrogen-bond donors (Lipinski definition) is 4. The summed E-state index contributed by atoms with van der Waals surface area (Å²) < 4.78 is 10.4. The third-order valence-electron chi connectivity index (χ3n) is 1.57. The van der Waals surface area contributed by atoms with Gasteiger partial charge in [-0.1, -0.05) is 30.3 Å². The second-order valence-electron chi connectivity index (χ2n) is 3.12. The molecular weight excluding hydrogens is 231 g/mol. The SMILES string of the molecule is CC(O)CO.O=[P+](O)C(O)c1ccccc1. The molecular formula is C10H16O5P+. The normalized spacial score (nSPS) is 14.4. The van der Waals surface area contributed by atoms with Crippen LogP contribution in [-0.2, 0) is 4.57 Å². The molecule has 0 bridgehead atoms. The highest BCUT2D eigenvalue weighted by atomic mass is 31.1. The van der Waals surface area contributed by atoms with E-state index < -0.39 is 20.0 Å². The summed E-state index contributed by atoms with van der Waals surface area (Å²) in [6, 6.07) is 8.40. The summed E-state index contributed by atoms with van der Waals surface area (Å²) in [7, 11) is -2.53. The van der Waals surface area contributed by atoms with Crippen LogP contribution >= 0.6 is 8.03 Å². The number of aliphatic hydroxyl groups is 3. The van der Waals surface area contributed by atoms with Crippen molar-refractivity contribution in [2.24, 2.45) is 0 Å². The summed E-state index contributed by atoms with van der Waals surface area (Å²) >= 11 is 0. The molecule has 16 heavy (non-hydrogen) atoms. The molecule has 5 nitrogen and oxygen atoms in total. The van der Waals surface area contributed by atoms with Crippen molar-refractivity contribution in [2.75, 3.05) is 6.61 Å². The summed E-state index contributed by atoms with van der Waals surface area (Å²) in [6.45, 7) is 1.39. The Hall–Kier alpha value is -0.840. The largest absolute Gasteiger partial charge is 0.542 e. The summed E-state index contributed by atoms with van der Waals surface area (Å²) in [6.07, 6.45) is -0.560. The third kappa shape index (κ3) is 6.61. The monoisotopic (exact) mass is 247 g/mol. The molecule has 1 aromatic rings. The first-order valence-corrected chi connectivity index (χ1v) is 5.94. The van der Waals surface area contributed by atoms with Gasteiger partial charge in [0, 0.05) is 5.56 Å². The minimum atomic E-state index is -2.53. The van der Waals surface area contributed by atoms with E-state index in [2.05, 4.69) is 0 Å². The lowest BCUT2D eigenvalue weighted by molar-refractivity contribution is 0.110. The predicted octanol–water partition coefficient (Wildman–Crippen LogP) is 0.772. The summed E-state index contributed by atoms with van der Waals surface area (Å²) in [5.74, 6) is -1.26. The van der Waals surface area contributed by atoms with Crippen LogP contribution in [0.25, 0.3) is 0 Å². The van der Waals surface area contributed by atoms with Gasteiger partial charge in [0.15, 0.2) is 0 Å². The Kier molecular flexibility index (Phi) is 7.89. The van der Waals surface area contributed by atoms with Gasteiger partial charge in [-0.15, -0.1) is 0 Å². The Morgan fingerprint density at radius 2 is 1.69 bits per heavy atom. The number of rotatable bonds is 3. The molecule has 0 saturated heterocycles.